The average Bonchev–Trinajstić information content (AvgIpc) is 2.96. The number of halogens is 2. The number of benzene rings is 1. The molecule has 2 aromatic rings. The lowest BCUT2D eigenvalue weighted by Crippen LogP contribution is -2.20. The number of nitrogens with one attached hydrogen (secondary N) is 1. The second kappa shape index (κ2) is 8.56. The number of anilines is 1. The van der Waals surface area contributed by atoms with Crippen molar-refractivity contribution in [2.45, 2.75) is 19.4 Å². The van der Waals surface area contributed by atoms with Gasteiger partial charge in [-0.1, -0.05) is 29.3 Å². The third-order valence-corrected chi connectivity index (χ3v) is 3.77. The number of carbonyl (C=O) groups excluding carboxylic acids is 1. The number of carboxylic acids is 1. The first kappa shape index (κ1) is 18.1. The smallest absolute Gasteiger partial charge is 0.303 e. The number of rotatable bonds is 8. The Morgan fingerprint density at radius 2 is 2.12 bits per heavy atom. The van der Waals surface area contributed by atoms with Crippen LogP contribution in [-0.4, -0.2) is 33.4 Å². The molecule has 0 saturated carbocycles. The van der Waals surface area contributed by atoms with E-state index in [0.717, 1.165) is 0 Å². The Hall–Kier alpha value is -2.25. The molecule has 0 aliphatic carbocycles. The maximum Gasteiger partial charge on any atom is 0.303 e. The van der Waals surface area contributed by atoms with E-state index in [1.807, 2.05) is 0 Å². The Morgan fingerprint density at radius 3 is 2.88 bits per heavy atom. The van der Waals surface area contributed by atoms with Crippen LogP contribution in [0.15, 0.2) is 30.6 Å². The Morgan fingerprint density at radius 1 is 1.33 bits per heavy atom. The molecule has 1 aromatic carbocycles. The first-order valence-corrected chi connectivity index (χ1v) is 7.82. The number of aliphatic carboxylic acids is 1. The zero-order chi connectivity index (χ0) is 17.5. The Labute approximate surface area is 148 Å². The molecule has 1 aromatic heterocycles. The highest BCUT2D eigenvalue weighted by molar-refractivity contribution is 6.42. The van der Waals surface area contributed by atoms with Crippen LogP contribution in [0.25, 0.3) is 0 Å². The van der Waals surface area contributed by atoms with Gasteiger partial charge in [0.05, 0.1) is 16.9 Å². The number of hydrogen-bond donors (Lipinski definition) is 2. The monoisotopic (exact) mass is 371 g/mol. The molecular formula is C15H15Cl2N3O4. The van der Waals surface area contributed by atoms with Gasteiger partial charge in [-0.3, -0.25) is 14.3 Å². The van der Waals surface area contributed by atoms with Crippen LogP contribution < -0.4 is 10.1 Å². The third kappa shape index (κ3) is 5.43. The number of amides is 1. The topological polar surface area (TPSA) is 93.5 Å². The summed E-state index contributed by atoms with van der Waals surface area (Å²) < 4.78 is 6.89. The number of carbonyl (C=O) groups is 2. The second-order valence-electron chi connectivity index (χ2n) is 4.88. The molecule has 0 radical (unpaired) electrons. The summed E-state index contributed by atoms with van der Waals surface area (Å²) in [6.07, 6.45) is 3.62. The molecule has 128 valence electrons. The van der Waals surface area contributed by atoms with Crippen molar-refractivity contribution in [1.82, 2.24) is 9.78 Å². The molecule has 9 heteroatoms. The molecule has 0 aliphatic heterocycles. The van der Waals surface area contributed by atoms with E-state index in [1.54, 1.807) is 29.1 Å². The SMILES string of the molecule is O=C(O)CCCn1cc(NC(=O)COc2cccc(Cl)c2Cl)cn1. The third-order valence-electron chi connectivity index (χ3n) is 2.97. The van der Waals surface area contributed by atoms with E-state index in [2.05, 4.69) is 10.4 Å². The molecule has 2 rings (SSSR count). The van der Waals surface area contributed by atoms with Crippen molar-refractivity contribution in [3.63, 3.8) is 0 Å². The molecule has 1 heterocycles. The van der Waals surface area contributed by atoms with E-state index >= 15 is 0 Å². The van der Waals surface area contributed by atoms with Crippen LogP contribution >= 0.6 is 23.2 Å². The lowest BCUT2D eigenvalue weighted by Gasteiger charge is -2.08. The Kier molecular flexibility index (Phi) is 6.45. The lowest BCUT2D eigenvalue weighted by atomic mass is 10.3. The van der Waals surface area contributed by atoms with Crippen LogP contribution in [0.5, 0.6) is 5.75 Å². The van der Waals surface area contributed by atoms with Gasteiger partial charge in [-0.15, -0.1) is 0 Å². The minimum absolute atomic E-state index is 0.0653. The van der Waals surface area contributed by atoms with Crippen molar-refractivity contribution < 1.29 is 19.4 Å². The minimum atomic E-state index is -0.854. The predicted octanol–water partition coefficient (Wildman–Crippen LogP) is 3.07. The van der Waals surface area contributed by atoms with Crippen LogP contribution in [-0.2, 0) is 16.1 Å². The summed E-state index contributed by atoms with van der Waals surface area (Å²) in [7, 11) is 0. The Balaban J connectivity index is 1.81. The molecule has 0 aliphatic rings. The molecule has 0 bridgehead atoms. The normalized spacial score (nSPS) is 10.4. The van der Waals surface area contributed by atoms with Gasteiger partial charge in [0, 0.05) is 19.2 Å². The zero-order valence-corrected chi connectivity index (χ0v) is 14.0. The van der Waals surface area contributed by atoms with E-state index < -0.39 is 5.97 Å². The fraction of sp³-hybridized carbons (Fsp3) is 0.267. The van der Waals surface area contributed by atoms with Gasteiger partial charge >= 0.3 is 5.97 Å². The van der Waals surface area contributed by atoms with E-state index in [4.69, 9.17) is 33.0 Å². The fourth-order valence-corrected chi connectivity index (χ4v) is 2.22. The number of nitrogens with zero attached hydrogens (tertiary/aromatic N) is 2. The predicted molar refractivity (Wildman–Crippen MR) is 89.7 cm³/mol. The molecule has 0 fully saturated rings. The molecular weight excluding hydrogens is 357 g/mol. The van der Waals surface area contributed by atoms with Gasteiger partial charge in [-0.05, 0) is 18.6 Å². The van der Waals surface area contributed by atoms with Gasteiger partial charge < -0.3 is 15.2 Å². The van der Waals surface area contributed by atoms with Crippen LogP contribution in [0, 0.1) is 0 Å². The van der Waals surface area contributed by atoms with Gasteiger partial charge in [-0.25, -0.2) is 0 Å². The minimum Gasteiger partial charge on any atom is -0.482 e. The number of ether oxygens (including phenoxy) is 1. The van der Waals surface area contributed by atoms with E-state index in [0.29, 0.717) is 29.4 Å². The number of hydrogen-bond acceptors (Lipinski definition) is 4. The second-order valence-corrected chi connectivity index (χ2v) is 5.66. The molecule has 1 amide bonds. The summed E-state index contributed by atoms with van der Waals surface area (Å²) in [6.45, 7) is 0.223. The summed E-state index contributed by atoms with van der Waals surface area (Å²) in [5.74, 6) is -0.910. The summed E-state index contributed by atoms with van der Waals surface area (Å²) in [5, 5.41) is 15.8. The van der Waals surface area contributed by atoms with Gasteiger partial charge in [0.2, 0.25) is 0 Å². The van der Waals surface area contributed by atoms with Crippen molar-refractivity contribution in [2.75, 3.05) is 11.9 Å². The van der Waals surface area contributed by atoms with Crippen LogP contribution in [0.3, 0.4) is 0 Å². The largest absolute Gasteiger partial charge is 0.482 e. The summed E-state index contributed by atoms with van der Waals surface area (Å²) in [5.41, 5.74) is 0.496. The van der Waals surface area contributed by atoms with Crippen molar-refractivity contribution in [3.05, 3.63) is 40.6 Å². The number of aromatic nitrogens is 2. The Bertz CT molecular complexity index is 733. The van der Waals surface area contributed by atoms with Gasteiger partial charge in [-0.2, -0.15) is 5.10 Å². The molecule has 0 atom stereocenters. The van der Waals surface area contributed by atoms with Crippen LogP contribution in [0.2, 0.25) is 10.0 Å². The lowest BCUT2D eigenvalue weighted by molar-refractivity contribution is -0.137. The molecule has 0 unspecified atom stereocenters. The van der Waals surface area contributed by atoms with Crippen molar-refractivity contribution in [3.8, 4) is 5.75 Å². The average molecular weight is 372 g/mol. The van der Waals surface area contributed by atoms with Crippen molar-refractivity contribution >= 4 is 40.8 Å². The summed E-state index contributed by atoms with van der Waals surface area (Å²) in [6, 6.07) is 4.90. The standard InChI is InChI=1S/C15H15Cl2N3O4/c16-11-3-1-4-12(15(11)17)24-9-13(21)19-10-7-18-20(8-10)6-2-5-14(22)23/h1,3-4,7-8H,2,5-6,9H2,(H,19,21)(H,22,23). The van der Waals surface area contributed by atoms with Gasteiger partial charge in [0.15, 0.2) is 6.61 Å². The first-order chi connectivity index (χ1) is 11.5. The maximum absolute atomic E-state index is 11.9. The van der Waals surface area contributed by atoms with Crippen molar-refractivity contribution in [2.24, 2.45) is 0 Å². The summed E-state index contributed by atoms with van der Waals surface area (Å²) >= 11 is 11.8. The number of aryl methyl sites for hydroxylation is 1. The molecule has 7 nitrogen and oxygen atoms in total. The highest BCUT2D eigenvalue weighted by Gasteiger charge is 2.09. The van der Waals surface area contributed by atoms with Crippen molar-refractivity contribution in [1.29, 1.82) is 0 Å². The van der Waals surface area contributed by atoms with Gasteiger partial charge in [0.25, 0.3) is 5.91 Å². The van der Waals surface area contributed by atoms with E-state index in [1.165, 1.54) is 6.20 Å². The number of carboxylic acid groups (broad SMARTS) is 1. The highest BCUT2D eigenvalue weighted by Crippen LogP contribution is 2.31. The quantitative estimate of drug-likeness (QED) is 0.743. The van der Waals surface area contributed by atoms with Gasteiger partial charge in [0.1, 0.15) is 10.8 Å². The zero-order valence-electron chi connectivity index (χ0n) is 12.5. The van der Waals surface area contributed by atoms with E-state index in [-0.39, 0.29) is 24.0 Å². The van der Waals surface area contributed by atoms with Crippen LogP contribution in [0.4, 0.5) is 5.69 Å². The molecule has 0 saturated heterocycles. The fourth-order valence-electron chi connectivity index (χ4n) is 1.88. The first-order valence-electron chi connectivity index (χ1n) is 7.06. The highest BCUT2D eigenvalue weighted by atomic mass is 35.5. The molecule has 24 heavy (non-hydrogen) atoms. The van der Waals surface area contributed by atoms with Crippen LogP contribution in [0.1, 0.15) is 12.8 Å². The molecule has 2 N–H and O–H groups in total. The van der Waals surface area contributed by atoms with E-state index in [9.17, 15) is 9.59 Å². The maximum atomic E-state index is 11.9. The summed E-state index contributed by atoms with van der Waals surface area (Å²) in [4.78, 5) is 22.3. The molecule has 0 spiro atoms.